The zero-order valence-electron chi connectivity index (χ0n) is 17.6. The van der Waals surface area contributed by atoms with E-state index in [9.17, 15) is 22.7 Å². The zero-order chi connectivity index (χ0) is 24.7. The van der Waals surface area contributed by atoms with Crippen molar-refractivity contribution < 1.29 is 22.4 Å². The molecule has 0 fully saturated rings. The van der Waals surface area contributed by atoms with E-state index in [1.165, 1.54) is 71.5 Å². The number of aliphatic hydroxyl groups excluding tert-OH is 1. The number of pyridine rings is 1. The van der Waals surface area contributed by atoms with Gasteiger partial charge in [0.05, 0.1) is 26.8 Å². The number of aliphatic hydroxyl groups is 1. The number of allylic oxidation sites excluding steroid dienone is 2. The second-order valence-corrected chi connectivity index (χ2v) is 9.66. The van der Waals surface area contributed by atoms with E-state index in [1.54, 1.807) is 6.07 Å². The summed E-state index contributed by atoms with van der Waals surface area (Å²) in [6, 6.07) is 13.9. The van der Waals surface area contributed by atoms with Gasteiger partial charge in [-0.05, 0) is 42.5 Å². The van der Waals surface area contributed by atoms with Crippen LogP contribution in [0.3, 0.4) is 0 Å². The molecule has 0 radical (unpaired) electrons. The molecule has 12 heteroatoms. The minimum atomic E-state index is -3.98. The lowest BCUT2D eigenvalue weighted by Gasteiger charge is -2.27. The maximum absolute atomic E-state index is 13.7. The number of anilines is 1. The minimum Gasteiger partial charge on any atom is -0.368 e. The molecule has 2 aromatic carbocycles. The highest BCUT2D eigenvalue weighted by molar-refractivity contribution is 7.92. The molecule has 0 aliphatic carbocycles. The molecule has 3 N–H and O–H groups in total. The van der Waals surface area contributed by atoms with E-state index in [-0.39, 0.29) is 21.4 Å². The highest BCUT2D eigenvalue weighted by atomic mass is 35.5. The van der Waals surface area contributed by atoms with Gasteiger partial charge in [0.2, 0.25) is 0 Å². The fraction of sp³-hybridized carbons (Fsp3) is 0.0435. The lowest BCUT2D eigenvalue weighted by molar-refractivity contribution is 0.208. The molecule has 0 bridgehead atoms. The van der Waals surface area contributed by atoms with Crippen molar-refractivity contribution in [3.05, 3.63) is 99.8 Å². The van der Waals surface area contributed by atoms with Crippen molar-refractivity contribution in [2.24, 2.45) is 0 Å². The van der Waals surface area contributed by atoms with Crippen LogP contribution in [-0.4, -0.2) is 29.5 Å². The van der Waals surface area contributed by atoms with Crippen molar-refractivity contribution in [3.63, 3.8) is 0 Å². The van der Waals surface area contributed by atoms with E-state index in [0.717, 1.165) is 0 Å². The SMILES string of the molecule is O=c1ccc2cc(S(=O)(=O)Nc3ccon3)ccc2n1C1=CC(Cl)=C(c2cccc(F)c2)NC1O. The highest BCUT2D eigenvalue weighted by Crippen LogP contribution is 2.30. The Balaban J connectivity index is 1.59. The topological polar surface area (TPSA) is 126 Å². The normalized spacial score (nSPS) is 16.2. The third-order valence-corrected chi connectivity index (χ3v) is 6.95. The Bertz CT molecular complexity index is 1680. The van der Waals surface area contributed by atoms with E-state index in [4.69, 9.17) is 11.6 Å². The Morgan fingerprint density at radius 3 is 2.71 bits per heavy atom. The predicted octanol–water partition coefficient (Wildman–Crippen LogP) is 3.30. The van der Waals surface area contributed by atoms with Crippen LogP contribution in [0.5, 0.6) is 0 Å². The number of rotatable bonds is 5. The van der Waals surface area contributed by atoms with Crippen molar-refractivity contribution in [3.8, 4) is 0 Å². The molecule has 2 aromatic heterocycles. The first-order valence-corrected chi connectivity index (χ1v) is 12.0. The van der Waals surface area contributed by atoms with Gasteiger partial charge in [0.15, 0.2) is 12.0 Å². The fourth-order valence-corrected chi connectivity index (χ4v) is 5.04. The number of fused-ring (bicyclic) bond motifs is 1. The van der Waals surface area contributed by atoms with Gasteiger partial charge in [0, 0.05) is 23.1 Å². The van der Waals surface area contributed by atoms with Crippen LogP contribution in [0.15, 0.2) is 92.2 Å². The predicted molar refractivity (Wildman–Crippen MR) is 128 cm³/mol. The summed E-state index contributed by atoms with van der Waals surface area (Å²) in [6.45, 7) is 0. The van der Waals surface area contributed by atoms with E-state index < -0.39 is 27.6 Å². The summed E-state index contributed by atoms with van der Waals surface area (Å²) in [5, 5.41) is 17.7. The Morgan fingerprint density at radius 1 is 1.14 bits per heavy atom. The molecule has 4 aromatic rings. The molecule has 5 rings (SSSR count). The van der Waals surface area contributed by atoms with Crippen LogP contribution in [-0.2, 0) is 10.0 Å². The smallest absolute Gasteiger partial charge is 0.263 e. The average molecular weight is 515 g/mol. The number of nitrogens with zero attached hydrogens (tertiary/aromatic N) is 2. The summed E-state index contributed by atoms with van der Waals surface area (Å²) in [5.41, 5.74) is 0.692. The van der Waals surface area contributed by atoms with E-state index in [0.29, 0.717) is 22.2 Å². The Morgan fingerprint density at radius 2 is 1.97 bits per heavy atom. The van der Waals surface area contributed by atoms with E-state index in [1.807, 2.05) is 0 Å². The average Bonchev–Trinajstić information content (AvgIpc) is 3.32. The number of halogens is 2. The molecule has 0 saturated heterocycles. The number of nitrogens with one attached hydrogen (secondary N) is 2. The summed E-state index contributed by atoms with van der Waals surface area (Å²) in [6.07, 6.45) is 1.27. The summed E-state index contributed by atoms with van der Waals surface area (Å²) in [4.78, 5) is 12.7. The maximum Gasteiger partial charge on any atom is 0.263 e. The Kier molecular flexibility index (Phi) is 5.67. The first-order chi connectivity index (χ1) is 16.7. The molecule has 1 aliphatic heterocycles. The second-order valence-electron chi connectivity index (χ2n) is 7.57. The van der Waals surface area contributed by atoms with Gasteiger partial charge in [-0.25, -0.2) is 12.8 Å². The monoisotopic (exact) mass is 514 g/mol. The first kappa shape index (κ1) is 22.8. The molecule has 0 saturated carbocycles. The van der Waals surface area contributed by atoms with Crippen molar-refractivity contribution in [1.29, 1.82) is 0 Å². The standard InChI is InChI=1S/C23H16ClFN4O5S/c24-17-12-19(23(31)26-22(17)14-2-1-3-15(25)10-14)29-18-6-5-16(11-13(18)4-7-21(29)30)35(32,33)28-20-8-9-34-27-20/h1-12,23,26,31H,(H,27,28). The van der Waals surface area contributed by atoms with Crippen molar-refractivity contribution in [2.75, 3.05) is 4.72 Å². The van der Waals surface area contributed by atoms with E-state index >= 15 is 0 Å². The van der Waals surface area contributed by atoms with Crippen LogP contribution in [0, 0.1) is 5.82 Å². The van der Waals surface area contributed by atoms with Crippen LogP contribution in [0.1, 0.15) is 5.56 Å². The molecule has 0 spiro atoms. The molecule has 9 nitrogen and oxygen atoms in total. The Labute approximate surface area is 202 Å². The molecule has 178 valence electrons. The number of hydrogen-bond acceptors (Lipinski definition) is 7. The van der Waals surface area contributed by atoms with Crippen LogP contribution in [0.25, 0.3) is 22.3 Å². The first-order valence-electron chi connectivity index (χ1n) is 10.1. The molecular formula is C23H16ClFN4O5S. The number of sulfonamides is 1. The van der Waals surface area contributed by atoms with Gasteiger partial charge >= 0.3 is 0 Å². The number of aromatic nitrogens is 2. The summed E-state index contributed by atoms with van der Waals surface area (Å²) in [5.74, 6) is -0.452. The van der Waals surface area contributed by atoms with Gasteiger partial charge in [-0.3, -0.25) is 14.1 Å². The number of dihydropyridines is 1. The van der Waals surface area contributed by atoms with Gasteiger partial charge in [0.1, 0.15) is 12.1 Å². The largest absolute Gasteiger partial charge is 0.368 e. The third-order valence-electron chi connectivity index (χ3n) is 5.30. The summed E-state index contributed by atoms with van der Waals surface area (Å²) in [7, 11) is -3.98. The lowest BCUT2D eigenvalue weighted by Crippen LogP contribution is -2.37. The van der Waals surface area contributed by atoms with Crippen LogP contribution in [0.2, 0.25) is 0 Å². The van der Waals surface area contributed by atoms with Crippen molar-refractivity contribution >= 4 is 49.7 Å². The third kappa shape index (κ3) is 4.32. The number of benzene rings is 2. The van der Waals surface area contributed by atoms with Gasteiger partial charge in [-0.2, -0.15) is 0 Å². The molecular weight excluding hydrogens is 499 g/mol. The summed E-state index contributed by atoms with van der Waals surface area (Å²) < 4.78 is 47.2. The van der Waals surface area contributed by atoms with Crippen molar-refractivity contribution in [2.45, 2.75) is 11.1 Å². The maximum atomic E-state index is 13.7. The van der Waals surface area contributed by atoms with Crippen molar-refractivity contribution in [1.82, 2.24) is 15.0 Å². The van der Waals surface area contributed by atoms with Crippen LogP contribution in [0.4, 0.5) is 10.2 Å². The van der Waals surface area contributed by atoms with Gasteiger partial charge in [-0.1, -0.05) is 28.9 Å². The molecule has 1 aliphatic rings. The number of hydrogen-bond donors (Lipinski definition) is 3. The van der Waals surface area contributed by atoms with Gasteiger partial charge in [-0.15, -0.1) is 0 Å². The van der Waals surface area contributed by atoms with Crippen LogP contribution >= 0.6 is 11.6 Å². The molecule has 1 unspecified atom stereocenters. The zero-order valence-corrected chi connectivity index (χ0v) is 19.2. The molecule has 1 atom stereocenters. The fourth-order valence-electron chi connectivity index (χ4n) is 3.73. The molecule has 35 heavy (non-hydrogen) atoms. The van der Waals surface area contributed by atoms with Crippen LogP contribution < -0.4 is 15.6 Å². The highest BCUT2D eigenvalue weighted by Gasteiger charge is 2.25. The molecule has 0 amide bonds. The van der Waals surface area contributed by atoms with E-state index in [2.05, 4.69) is 19.7 Å². The molecule has 3 heterocycles. The minimum absolute atomic E-state index is 0.0205. The Hall–Kier alpha value is -3.93. The van der Waals surface area contributed by atoms with Gasteiger partial charge in [0.25, 0.3) is 15.6 Å². The quantitative estimate of drug-likeness (QED) is 0.373. The lowest BCUT2D eigenvalue weighted by atomic mass is 10.1. The summed E-state index contributed by atoms with van der Waals surface area (Å²) >= 11 is 6.43. The van der Waals surface area contributed by atoms with Gasteiger partial charge < -0.3 is 14.9 Å². The second kappa shape index (κ2) is 8.69.